The van der Waals surface area contributed by atoms with Crippen LogP contribution in [0.3, 0.4) is 0 Å². The van der Waals surface area contributed by atoms with Crippen molar-refractivity contribution >= 4 is 17.8 Å². The molecule has 1 N–H and O–H groups in total. The first kappa shape index (κ1) is 8.82. The zero-order valence-corrected chi connectivity index (χ0v) is 8.55. The number of rotatable bonds is 1. The fourth-order valence-electron chi connectivity index (χ4n) is 1.62. The summed E-state index contributed by atoms with van der Waals surface area (Å²) in [4.78, 5) is 4.34. The minimum absolute atomic E-state index is 0.250. The van der Waals surface area contributed by atoms with Crippen molar-refractivity contribution in [2.24, 2.45) is 10.9 Å². The Kier molecular flexibility index (Phi) is 2.16. The predicted molar refractivity (Wildman–Crippen MR) is 56.1 cm³/mol. The van der Waals surface area contributed by atoms with Gasteiger partial charge in [0.25, 0.3) is 0 Å². The van der Waals surface area contributed by atoms with Crippen LogP contribution in [-0.2, 0) is 0 Å². The molecule has 2 atom stereocenters. The molecule has 2 heterocycles. The minimum atomic E-state index is 0.250. The van der Waals surface area contributed by atoms with Crippen molar-refractivity contribution in [2.75, 3.05) is 0 Å². The molecule has 3 heteroatoms. The first-order chi connectivity index (χ1) is 6.16. The molecule has 70 valence electrons. The summed E-state index contributed by atoms with van der Waals surface area (Å²) in [6.45, 7) is 4.34. The molecular weight excluding hydrogens is 184 g/mol. The fraction of sp³-hybridized carbons (Fsp3) is 0.500. The summed E-state index contributed by atoms with van der Waals surface area (Å²) >= 11 is 5.86. The molecule has 0 bridgehead atoms. The van der Waals surface area contributed by atoms with E-state index in [4.69, 9.17) is 11.6 Å². The van der Waals surface area contributed by atoms with Crippen LogP contribution >= 0.6 is 11.6 Å². The van der Waals surface area contributed by atoms with E-state index in [2.05, 4.69) is 30.2 Å². The van der Waals surface area contributed by atoms with E-state index in [-0.39, 0.29) is 12.1 Å². The van der Waals surface area contributed by atoms with Crippen LogP contribution in [0.5, 0.6) is 0 Å². The Hall–Kier alpha value is -0.760. The van der Waals surface area contributed by atoms with Gasteiger partial charge in [0, 0.05) is 11.9 Å². The van der Waals surface area contributed by atoms with Gasteiger partial charge in [-0.2, -0.15) is 0 Å². The van der Waals surface area contributed by atoms with Crippen LogP contribution in [0.25, 0.3) is 0 Å². The summed E-state index contributed by atoms with van der Waals surface area (Å²) < 4.78 is 0. The highest BCUT2D eigenvalue weighted by atomic mass is 35.5. The van der Waals surface area contributed by atoms with Gasteiger partial charge in [-0.25, -0.2) is 0 Å². The Balaban J connectivity index is 2.17. The largest absolute Gasteiger partial charge is 0.380 e. The summed E-state index contributed by atoms with van der Waals surface area (Å²) in [5.41, 5.74) is 1.27. The molecular formula is C10H13ClN2. The first-order valence-corrected chi connectivity index (χ1v) is 4.93. The van der Waals surface area contributed by atoms with E-state index in [1.54, 1.807) is 6.21 Å². The number of dihydropyridines is 1. The Labute approximate surface area is 83.4 Å². The Morgan fingerprint density at radius 2 is 2.23 bits per heavy atom. The van der Waals surface area contributed by atoms with Gasteiger partial charge in [-0.3, -0.25) is 4.99 Å². The highest BCUT2D eigenvalue weighted by Crippen LogP contribution is 2.23. The number of hydrogen-bond donors (Lipinski definition) is 1. The van der Waals surface area contributed by atoms with Gasteiger partial charge >= 0.3 is 0 Å². The molecule has 0 aromatic carbocycles. The lowest BCUT2D eigenvalue weighted by Gasteiger charge is -2.17. The molecule has 2 unspecified atom stereocenters. The quantitative estimate of drug-likeness (QED) is 0.683. The van der Waals surface area contributed by atoms with Crippen LogP contribution in [0.15, 0.2) is 27.9 Å². The van der Waals surface area contributed by atoms with Gasteiger partial charge in [-0.15, -0.1) is 0 Å². The fourth-order valence-corrected chi connectivity index (χ4v) is 1.81. The summed E-state index contributed by atoms with van der Waals surface area (Å²) in [6.07, 6.45) is 5.93. The lowest BCUT2D eigenvalue weighted by molar-refractivity contribution is 0.610. The first-order valence-electron chi connectivity index (χ1n) is 4.55. The van der Waals surface area contributed by atoms with Crippen LogP contribution in [0, 0.1) is 5.92 Å². The van der Waals surface area contributed by atoms with Crippen LogP contribution in [0.2, 0.25) is 0 Å². The molecule has 0 aliphatic carbocycles. The third-order valence-electron chi connectivity index (χ3n) is 2.38. The van der Waals surface area contributed by atoms with Crippen molar-refractivity contribution in [2.45, 2.75) is 25.9 Å². The summed E-state index contributed by atoms with van der Waals surface area (Å²) in [5.74, 6) is 0.535. The molecule has 0 saturated heterocycles. The topological polar surface area (TPSA) is 24.4 Å². The van der Waals surface area contributed by atoms with Gasteiger partial charge in [-0.05, 0) is 18.1 Å². The molecule has 0 aromatic rings. The Bertz CT molecular complexity index is 302. The highest BCUT2D eigenvalue weighted by Gasteiger charge is 2.27. The smallest absolute Gasteiger partial charge is 0.0937 e. The molecule has 2 rings (SSSR count). The van der Waals surface area contributed by atoms with Gasteiger partial charge in [0.05, 0.1) is 17.1 Å². The molecule has 2 aliphatic rings. The van der Waals surface area contributed by atoms with Gasteiger partial charge < -0.3 is 5.32 Å². The normalized spacial score (nSPS) is 31.1. The van der Waals surface area contributed by atoms with Gasteiger partial charge in [0.2, 0.25) is 0 Å². The lowest BCUT2D eigenvalue weighted by Crippen LogP contribution is -2.31. The molecule has 0 radical (unpaired) electrons. The number of nitrogens with one attached hydrogen (secondary N) is 1. The maximum atomic E-state index is 5.86. The zero-order valence-electron chi connectivity index (χ0n) is 7.79. The SMILES string of the molecule is CC(C)C1=CC2N=CC(Cl)=CC2N1. The van der Waals surface area contributed by atoms with Gasteiger partial charge in [-0.1, -0.05) is 25.4 Å². The van der Waals surface area contributed by atoms with Crippen LogP contribution in [0.1, 0.15) is 13.8 Å². The van der Waals surface area contributed by atoms with Crippen molar-refractivity contribution in [3.8, 4) is 0 Å². The second-order valence-electron chi connectivity index (χ2n) is 3.77. The maximum absolute atomic E-state index is 5.86. The molecule has 2 aliphatic heterocycles. The highest BCUT2D eigenvalue weighted by molar-refractivity contribution is 6.39. The van der Waals surface area contributed by atoms with E-state index in [9.17, 15) is 0 Å². The predicted octanol–water partition coefficient (Wildman–Crippen LogP) is 2.07. The van der Waals surface area contributed by atoms with Crippen LogP contribution in [-0.4, -0.2) is 18.3 Å². The van der Waals surface area contributed by atoms with Crippen LogP contribution in [0.4, 0.5) is 0 Å². The van der Waals surface area contributed by atoms with E-state index in [0.717, 1.165) is 5.03 Å². The molecule has 0 spiro atoms. The van der Waals surface area contributed by atoms with Crippen LogP contribution < -0.4 is 5.32 Å². The maximum Gasteiger partial charge on any atom is 0.0937 e. The van der Waals surface area contributed by atoms with E-state index in [1.165, 1.54) is 5.70 Å². The monoisotopic (exact) mass is 196 g/mol. The number of halogens is 1. The van der Waals surface area contributed by atoms with Crippen molar-refractivity contribution in [1.82, 2.24) is 5.32 Å². The van der Waals surface area contributed by atoms with Crippen molar-refractivity contribution < 1.29 is 0 Å². The summed E-state index contributed by atoms with van der Waals surface area (Å²) in [6, 6.07) is 0.523. The molecule has 0 amide bonds. The number of nitrogens with zero attached hydrogens (tertiary/aromatic N) is 1. The van der Waals surface area contributed by atoms with E-state index in [0.29, 0.717) is 5.92 Å². The summed E-state index contributed by atoms with van der Waals surface area (Å²) in [5, 5.41) is 4.14. The average molecular weight is 197 g/mol. The molecule has 0 fully saturated rings. The van der Waals surface area contributed by atoms with Gasteiger partial charge in [0.15, 0.2) is 0 Å². The second-order valence-corrected chi connectivity index (χ2v) is 4.20. The molecule has 0 aromatic heterocycles. The van der Waals surface area contributed by atoms with E-state index in [1.807, 2.05) is 6.08 Å². The number of aliphatic imine (C=N–C) groups is 1. The third-order valence-corrected chi connectivity index (χ3v) is 2.61. The van der Waals surface area contributed by atoms with Gasteiger partial charge in [0.1, 0.15) is 0 Å². The van der Waals surface area contributed by atoms with E-state index >= 15 is 0 Å². The Morgan fingerprint density at radius 1 is 1.46 bits per heavy atom. The molecule has 2 nitrogen and oxygen atoms in total. The minimum Gasteiger partial charge on any atom is -0.380 e. The Morgan fingerprint density at radius 3 is 2.92 bits per heavy atom. The number of fused-ring (bicyclic) bond motifs is 1. The zero-order chi connectivity index (χ0) is 9.42. The molecule has 0 saturated carbocycles. The molecule has 13 heavy (non-hydrogen) atoms. The van der Waals surface area contributed by atoms with Crippen molar-refractivity contribution in [1.29, 1.82) is 0 Å². The van der Waals surface area contributed by atoms with Crippen molar-refractivity contribution in [3.63, 3.8) is 0 Å². The summed E-state index contributed by atoms with van der Waals surface area (Å²) in [7, 11) is 0. The standard InChI is InChI=1S/C10H13ClN2/c1-6(2)8-4-9-10(13-8)3-7(11)5-12-9/h3-6,9-10,13H,1-2H3. The third kappa shape index (κ3) is 1.63. The lowest BCUT2D eigenvalue weighted by atomic mass is 10.1. The van der Waals surface area contributed by atoms with E-state index < -0.39 is 0 Å². The number of allylic oxidation sites excluding steroid dienone is 2. The van der Waals surface area contributed by atoms with Crippen molar-refractivity contribution in [3.05, 3.63) is 22.9 Å². The second kappa shape index (κ2) is 3.18. The average Bonchev–Trinajstić information content (AvgIpc) is 2.46. The number of hydrogen-bond acceptors (Lipinski definition) is 2.